The van der Waals surface area contributed by atoms with Crippen LogP contribution in [-0.2, 0) is 27.5 Å². The van der Waals surface area contributed by atoms with Gasteiger partial charge in [-0.25, -0.2) is 0 Å². The van der Waals surface area contributed by atoms with Gasteiger partial charge in [-0.05, 0) is 96.2 Å². The second kappa shape index (κ2) is 16.8. The van der Waals surface area contributed by atoms with Crippen LogP contribution in [0.25, 0.3) is 27.8 Å². The zero-order valence-electron chi connectivity index (χ0n) is 31.3. The Kier molecular flexibility index (Phi) is 12.4. The largest absolute Gasteiger partial charge is 0.509 e. The summed E-state index contributed by atoms with van der Waals surface area (Å²) in [6.07, 6.45) is 9.26. The summed E-state index contributed by atoms with van der Waals surface area (Å²) < 4.78 is 18.3. The highest BCUT2D eigenvalue weighted by molar-refractivity contribution is 8.31. The monoisotopic (exact) mass is 834 g/mol. The first-order valence-electron chi connectivity index (χ1n) is 18.9. The highest BCUT2D eigenvalue weighted by Gasteiger charge is 2.62. The summed E-state index contributed by atoms with van der Waals surface area (Å²) in [6, 6.07) is 32.0. The number of halogens is 3. The lowest BCUT2D eigenvalue weighted by atomic mass is 9.76. The normalized spacial score (nSPS) is 21.1. The Labute approximate surface area is 342 Å². The number of carbonyl (C=O) groups excluding carboxylic acids is 3. The molecule has 1 unspecified atom stereocenters. The number of aliphatic hydroxyl groups is 1. The summed E-state index contributed by atoms with van der Waals surface area (Å²) >= 11 is 6.82. The van der Waals surface area contributed by atoms with Gasteiger partial charge in [0.15, 0.2) is 5.78 Å². The van der Waals surface area contributed by atoms with Crippen molar-refractivity contribution in [3.63, 3.8) is 0 Å². The molecule has 4 aromatic carbocycles. The van der Waals surface area contributed by atoms with Crippen LogP contribution < -0.4 is 10.6 Å². The lowest BCUT2D eigenvalue weighted by molar-refractivity contribution is -0.127. The smallest absolute Gasteiger partial charge is 0.317 e. The quantitative estimate of drug-likeness (QED) is 0.107. The number of rotatable bonds is 4. The average molecular weight is 836 g/mol. The Balaban J connectivity index is 0.000000170. The highest BCUT2D eigenvalue weighted by atomic mass is 36.0. The average Bonchev–Trinajstić information content (AvgIpc) is 3.52. The zero-order valence-corrected chi connectivity index (χ0v) is 34.4. The molecular weight excluding hydrogens is 791 g/mol. The number of nitrogens with one attached hydrogen (secondary N) is 2. The highest BCUT2D eigenvalue weighted by Crippen LogP contribution is 2.47. The number of Topliss-reactive ketones (excluding diaryl/α,β-unsaturated/α-hetero) is 1. The Hall–Kier alpha value is -4.15. The van der Waals surface area contributed by atoms with Gasteiger partial charge in [0.1, 0.15) is 11.3 Å². The summed E-state index contributed by atoms with van der Waals surface area (Å²) in [7, 11) is 4.81. The second-order valence-electron chi connectivity index (χ2n) is 15.1. The van der Waals surface area contributed by atoms with Gasteiger partial charge in [0, 0.05) is 21.4 Å². The van der Waals surface area contributed by atoms with Crippen molar-refractivity contribution in [2.45, 2.75) is 94.0 Å². The molecule has 1 atom stereocenters. The molecule has 2 aliphatic heterocycles. The molecule has 3 fully saturated rings. The van der Waals surface area contributed by atoms with E-state index in [0.717, 1.165) is 83.9 Å². The van der Waals surface area contributed by atoms with E-state index < -0.39 is 24.2 Å². The molecule has 2 saturated carbocycles. The Morgan fingerprint density at radius 2 is 1.07 bits per heavy atom. The van der Waals surface area contributed by atoms with Crippen LogP contribution in [0.15, 0.2) is 103 Å². The van der Waals surface area contributed by atoms with Crippen molar-refractivity contribution in [3.8, 4) is 22.3 Å². The van der Waals surface area contributed by atoms with E-state index >= 15 is 0 Å². The molecule has 2 spiro atoms. The molecule has 4 aromatic rings. The zero-order chi connectivity index (χ0) is 40.3. The van der Waals surface area contributed by atoms with Crippen LogP contribution in [-0.4, -0.2) is 42.2 Å². The van der Waals surface area contributed by atoms with Crippen molar-refractivity contribution in [2.75, 3.05) is 0 Å². The predicted octanol–water partition coefficient (Wildman–Crippen LogP) is 9.97. The summed E-state index contributed by atoms with van der Waals surface area (Å²) in [4.78, 5) is 37.4. The molecule has 2 heterocycles. The number of alkyl halides is 1. The number of hydrogen-bond acceptors (Lipinski definition) is 6. The fraction of sp³-hybridized carbons (Fsp3) is 0.341. The molecule has 0 aromatic heterocycles. The number of aryl methyl sites for hydroxylation is 2. The standard InChI is InChI=1S/C22H22ClNO2.C22H23NO2.Cl2O2S/c1-15-10-11-17(16-8-4-2-5-9-16)14-18(15)22(23)19(25)21(24-20(22)26)12-6-3-7-13-21;1-15-10-11-17(16-8-4-2-5-9-16)14-18(15)19-20(24)22(23-21(19)25)12-6-3-7-13-22;1-5(2,3)4/h2,4-5,8-11,14H,3,6-7,12-13H2,1H3,(H,24,26);2,4-5,8-11,14,24H,3,6-7,12-13H2,1H3,(H,23,25);. The predicted molar refractivity (Wildman–Crippen MR) is 224 cm³/mol. The second-order valence-corrected chi connectivity index (χ2v) is 19.3. The number of aliphatic hydroxyl groups excluding tert-OH is 1. The molecule has 0 radical (unpaired) electrons. The summed E-state index contributed by atoms with van der Waals surface area (Å²) in [6.45, 7) is 3.89. The molecular formula is C44H45Cl3N2O6S. The van der Waals surface area contributed by atoms with E-state index in [9.17, 15) is 19.5 Å². The number of benzene rings is 4. The lowest BCUT2D eigenvalue weighted by Crippen LogP contribution is -2.48. The van der Waals surface area contributed by atoms with Gasteiger partial charge in [0.2, 0.25) is 4.87 Å². The molecule has 4 aliphatic rings. The van der Waals surface area contributed by atoms with Crippen molar-refractivity contribution >= 4 is 64.4 Å². The van der Waals surface area contributed by atoms with Crippen molar-refractivity contribution in [2.24, 2.45) is 0 Å². The van der Waals surface area contributed by atoms with Crippen LogP contribution in [0.2, 0.25) is 0 Å². The molecule has 56 heavy (non-hydrogen) atoms. The van der Waals surface area contributed by atoms with E-state index in [2.05, 4.69) is 50.2 Å². The first-order valence-corrected chi connectivity index (χ1v) is 22.4. The van der Waals surface area contributed by atoms with Crippen LogP contribution in [0.3, 0.4) is 0 Å². The molecule has 8 rings (SSSR count). The minimum absolute atomic E-state index is 0.146. The van der Waals surface area contributed by atoms with Crippen molar-refractivity contribution in [1.29, 1.82) is 0 Å². The molecule has 0 bridgehead atoms. The van der Waals surface area contributed by atoms with E-state index in [4.69, 9.17) is 20.0 Å². The topological polar surface area (TPSA) is 130 Å². The van der Waals surface area contributed by atoms with E-state index in [1.54, 1.807) is 0 Å². The third kappa shape index (κ3) is 8.57. The van der Waals surface area contributed by atoms with Crippen LogP contribution in [0.1, 0.15) is 86.5 Å². The summed E-state index contributed by atoms with van der Waals surface area (Å²) in [5.74, 6) is -0.456. The van der Waals surface area contributed by atoms with Gasteiger partial charge in [0.05, 0.1) is 11.1 Å². The number of carbonyl (C=O) groups is 3. The number of hydrogen-bond donors (Lipinski definition) is 3. The molecule has 2 aliphatic carbocycles. The van der Waals surface area contributed by atoms with Crippen LogP contribution >= 0.6 is 33.0 Å². The van der Waals surface area contributed by atoms with Crippen molar-refractivity contribution in [3.05, 3.63) is 125 Å². The van der Waals surface area contributed by atoms with E-state index in [1.807, 2.05) is 92.7 Å². The third-order valence-corrected chi connectivity index (χ3v) is 12.0. The maximum absolute atomic E-state index is 13.4. The van der Waals surface area contributed by atoms with Crippen LogP contribution in [0.4, 0.5) is 0 Å². The molecule has 12 heteroatoms. The minimum atomic E-state index is -3.72. The van der Waals surface area contributed by atoms with E-state index in [-0.39, 0.29) is 23.4 Å². The van der Waals surface area contributed by atoms with Gasteiger partial charge >= 0.3 is 8.26 Å². The lowest BCUT2D eigenvalue weighted by Gasteiger charge is -2.33. The van der Waals surface area contributed by atoms with E-state index in [0.29, 0.717) is 24.0 Å². The Morgan fingerprint density at radius 3 is 1.59 bits per heavy atom. The fourth-order valence-corrected chi connectivity index (χ4v) is 8.93. The maximum atomic E-state index is 13.4. The molecule has 3 N–H and O–H groups in total. The number of amides is 2. The minimum Gasteiger partial charge on any atom is -0.509 e. The Morgan fingerprint density at radius 1 is 0.607 bits per heavy atom. The fourth-order valence-electron chi connectivity index (χ4n) is 8.50. The molecule has 2 amide bonds. The Bertz CT molecular complexity index is 2260. The van der Waals surface area contributed by atoms with Crippen LogP contribution in [0, 0.1) is 13.8 Å². The molecule has 1 saturated heterocycles. The van der Waals surface area contributed by atoms with Crippen molar-refractivity contribution in [1.82, 2.24) is 10.6 Å². The number of ketones is 1. The van der Waals surface area contributed by atoms with Gasteiger partial charge in [-0.15, -0.1) is 0 Å². The first-order chi connectivity index (χ1) is 26.6. The maximum Gasteiger partial charge on any atom is 0.317 e. The molecule has 8 nitrogen and oxygen atoms in total. The third-order valence-electron chi connectivity index (χ3n) is 11.4. The van der Waals surface area contributed by atoms with Gasteiger partial charge in [-0.2, -0.15) is 8.42 Å². The first kappa shape index (κ1) is 41.5. The molecule has 294 valence electrons. The van der Waals surface area contributed by atoms with Gasteiger partial charge in [0.25, 0.3) is 11.8 Å². The summed E-state index contributed by atoms with van der Waals surface area (Å²) in [5, 5.41) is 17.0. The SMILES string of the molecule is Cc1ccc(-c2ccccc2)cc1C1(Cl)C(=O)NC2(CCCCC2)C1=O.Cc1ccc(-c2ccccc2)cc1C1=C(O)C2(CCCCC2)NC1=O.O=S(=O)(Cl)Cl. The van der Waals surface area contributed by atoms with Gasteiger partial charge in [-0.3, -0.25) is 14.4 Å². The van der Waals surface area contributed by atoms with Gasteiger partial charge in [-0.1, -0.05) is 135 Å². The van der Waals surface area contributed by atoms with Crippen molar-refractivity contribution < 1.29 is 27.9 Å². The summed E-state index contributed by atoms with van der Waals surface area (Å²) in [5.41, 5.74) is 6.57. The van der Waals surface area contributed by atoms with Gasteiger partial charge < -0.3 is 15.7 Å². The van der Waals surface area contributed by atoms with E-state index in [1.165, 1.54) is 6.42 Å². The van der Waals surface area contributed by atoms with Crippen LogP contribution in [0.5, 0.6) is 0 Å².